The van der Waals surface area contributed by atoms with Gasteiger partial charge in [-0.2, -0.15) is 0 Å². The van der Waals surface area contributed by atoms with Crippen LogP contribution < -0.4 is 15.2 Å². The maximum absolute atomic E-state index is 11.5. The van der Waals surface area contributed by atoms with Gasteiger partial charge >= 0.3 is 0 Å². The molecule has 0 heterocycles. The molecule has 0 aromatic heterocycles. The first kappa shape index (κ1) is 12.0. The molecule has 1 amide bonds. The van der Waals surface area contributed by atoms with Crippen molar-refractivity contribution in [3.8, 4) is 11.5 Å². The van der Waals surface area contributed by atoms with Gasteiger partial charge in [-0.1, -0.05) is 0 Å². The molecule has 0 radical (unpaired) electrons. The number of methoxy groups -OCH3 is 2. The van der Waals surface area contributed by atoms with Crippen LogP contribution in [-0.4, -0.2) is 25.9 Å². The Bertz CT molecular complexity index is 440. The van der Waals surface area contributed by atoms with Gasteiger partial charge in [0.25, 0.3) is 11.7 Å². The lowest BCUT2D eigenvalue weighted by atomic mass is 10.0. The Morgan fingerprint density at radius 2 is 1.81 bits per heavy atom. The van der Waals surface area contributed by atoms with Gasteiger partial charge < -0.3 is 15.2 Å². The van der Waals surface area contributed by atoms with Crippen LogP contribution in [0.25, 0.3) is 0 Å². The highest BCUT2D eigenvalue weighted by atomic mass is 16.5. The molecule has 0 saturated heterocycles. The molecule has 0 fully saturated rings. The van der Waals surface area contributed by atoms with Crippen molar-refractivity contribution in [3.63, 3.8) is 0 Å². The number of hydrogen-bond donors (Lipinski definition) is 1. The monoisotopic (exact) mass is 223 g/mol. The van der Waals surface area contributed by atoms with Crippen LogP contribution >= 0.6 is 0 Å². The fourth-order valence-electron chi connectivity index (χ4n) is 1.47. The van der Waals surface area contributed by atoms with Gasteiger partial charge in [0.1, 0.15) is 11.5 Å². The number of hydrogen-bond acceptors (Lipinski definition) is 4. The van der Waals surface area contributed by atoms with Gasteiger partial charge in [-0.25, -0.2) is 0 Å². The molecule has 5 heteroatoms. The van der Waals surface area contributed by atoms with Gasteiger partial charge in [0.2, 0.25) is 0 Å². The number of amides is 1. The summed E-state index contributed by atoms with van der Waals surface area (Å²) >= 11 is 0. The third kappa shape index (κ3) is 1.98. The summed E-state index contributed by atoms with van der Waals surface area (Å²) in [5.74, 6) is -0.897. The third-order valence-corrected chi connectivity index (χ3v) is 2.25. The molecule has 0 saturated carbocycles. The molecular weight excluding hydrogens is 210 g/mol. The van der Waals surface area contributed by atoms with Crippen molar-refractivity contribution in [2.75, 3.05) is 14.2 Å². The zero-order valence-electron chi connectivity index (χ0n) is 9.37. The normalized spacial score (nSPS) is 9.69. The van der Waals surface area contributed by atoms with Gasteiger partial charge in [-0.15, -0.1) is 0 Å². The molecule has 1 aromatic rings. The molecule has 0 spiro atoms. The lowest BCUT2D eigenvalue weighted by molar-refractivity contribution is -0.114. The minimum absolute atomic E-state index is 0.147. The average Bonchev–Trinajstić information content (AvgIpc) is 2.27. The molecule has 0 atom stereocenters. The summed E-state index contributed by atoms with van der Waals surface area (Å²) in [4.78, 5) is 22.3. The number of carbonyl (C=O) groups is 2. The van der Waals surface area contributed by atoms with Crippen molar-refractivity contribution in [3.05, 3.63) is 23.3 Å². The smallest absolute Gasteiger partial charge is 0.289 e. The van der Waals surface area contributed by atoms with E-state index < -0.39 is 11.7 Å². The molecule has 2 N–H and O–H groups in total. The van der Waals surface area contributed by atoms with Crippen molar-refractivity contribution < 1.29 is 19.1 Å². The van der Waals surface area contributed by atoms with Crippen molar-refractivity contribution in [1.29, 1.82) is 0 Å². The summed E-state index contributed by atoms with van der Waals surface area (Å²) < 4.78 is 10.2. The maximum Gasteiger partial charge on any atom is 0.289 e. The number of benzene rings is 1. The highest BCUT2D eigenvalue weighted by Crippen LogP contribution is 2.31. The molecule has 0 aliphatic rings. The first-order chi connectivity index (χ1) is 7.52. The summed E-state index contributed by atoms with van der Waals surface area (Å²) in [5, 5.41) is 0. The van der Waals surface area contributed by atoms with Crippen LogP contribution in [0.15, 0.2) is 12.1 Å². The van der Waals surface area contributed by atoms with Gasteiger partial charge in [0.15, 0.2) is 0 Å². The van der Waals surface area contributed by atoms with E-state index in [-0.39, 0.29) is 5.56 Å². The largest absolute Gasteiger partial charge is 0.496 e. The predicted octanol–water partition coefficient (Wildman–Crippen LogP) is 0.680. The van der Waals surface area contributed by atoms with Crippen LogP contribution in [0.3, 0.4) is 0 Å². The van der Waals surface area contributed by atoms with Crippen LogP contribution in [0.5, 0.6) is 11.5 Å². The van der Waals surface area contributed by atoms with Gasteiger partial charge in [0, 0.05) is 5.56 Å². The summed E-state index contributed by atoms with van der Waals surface area (Å²) in [7, 11) is 2.93. The minimum atomic E-state index is -1.01. The average molecular weight is 223 g/mol. The Kier molecular flexibility index (Phi) is 3.50. The Hall–Kier alpha value is -2.04. The topological polar surface area (TPSA) is 78.6 Å². The number of carbonyl (C=O) groups excluding carboxylic acids is 2. The molecule has 1 rings (SSSR count). The summed E-state index contributed by atoms with van der Waals surface area (Å²) in [6.07, 6.45) is 0. The number of nitrogens with two attached hydrogens (primary N) is 1. The molecule has 0 aliphatic heterocycles. The van der Waals surface area contributed by atoms with E-state index in [9.17, 15) is 9.59 Å². The van der Waals surface area contributed by atoms with Gasteiger partial charge in [-0.3, -0.25) is 9.59 Å². The fraction of sp³-hybridized carbons (Fsp3) is 0.273. The third-order valence-electron chi connectivity index (χ3n) is 2.25. The molecule has 16 heavy (non-hydrogen) atoms. The van der Waals surface area contributed by atoms with E-state index in [2.05, 4.69) is 0 Å². The van der Waals surface area contributed by atoms with Crippen molar-refractivity contribution in [2.24, 2.45) is 5.73 Å². The molecule has 5 nitrogen and oxygen atoms in total. The highest BCUT2D eigenvalue weighted by Gasteiger charge is 2.20. The number of primary amides is 1. The Morgan fingerprint density at radius 1 is 1.19 bits per heavy atom. The molecule has 0 bridgehead atoms. The first-order valence-electron chi connectivity index (χ1n) is 4.58. The van der Waals surface area contributed by atoms with Crippen molar-refractivity contribution >= 4 is 11.7 Å². The zero-order valence-corrected chi connectivity index (χ0v) is 9.37. The lowest BCUT2D eigenvalue weighted by Crippen LogP contribution is -2.23. The number of ketones is 1. The minimum Gasteiger partial charge on any atom is -0.496 e. The van der Waals surface area contributed by atoms with E-state index in [1.807, 2.05) is 0 Å². The highest BCUT2D eigenvalue weighted by molar-refractivity contribution is 6.43. The van der Waals surface area contributed by atoms with E-state index in [4.69, 9.17) is 15.2 Å². The lowest BCUT2D eigenvalue weighted by Gasteiger charge is -2.12. The Labute approximate surface area is 93.1 Å². The maximum atomic E-state index is 11.5. The molecule has 0 unspecified atom stereocenters. The standard InChI is InChI=1S/C11H13NO4/c1-6-8(15-2)5-4-7(10(6)16-3)9(13)11(12)14/h4-5H,1-3H3,(H2,12,14). The second kappa shape index (κ2) is 4.65. The summed E-state index contributed by atoms with van der Waals surface area (Å²) in [6.45, 7) is 1.73. The Morgan fingerprint density at radius 3 is 2.25 bits per heavy atom. The van der Waals surface area contributed by atoms with Crippen LogP contribution in [0.1, 0.15) is 15.9 Å². The molecule has 86 valence electrons. The van der Waals surface area contributed by atoms with Crippen LogP contribution in [0.4, 0.5) is 0 Å². The summed E-state index contributed by atoms with van der Waals surface area (Å²) in [5.41, 5.74) is 5.73. The molecule has 1 aromatic carbocycles. The van der Waals surface area contributed by atoms with E-state index >= 15 is 0 Å². The van der Waals surface area contributed by atoms with E-state index in [1.54, 1.807) is 13.0 Å². The summed E-state index contributed by atoms with van der Waals surface area (Å²) in [6, 6.07) is 3.05. The Balaban J connectivity index is 3.37. The number of Topliss-reactive ketones (excluding diaryl/α,β-unsaturated/α-hetero) is 1. The quantitative estimate of drug-likeness (QED) is 0.601. The van der Waals surface area contributed by atoms with E-state index in [0.717, 1.165) is 0 Å². The van der Waals surface area contributed by atoms with Gasteiger partial charge in [-0.05, 0) is 19.1 Å². The zero-order chi connectivity index (χ0) is 12.3. The van der Waals surface area contributed by atoms with E-state index in [0.29, 0.717) is 17.1 Å². The SMILES string of the molecule is COc1ccc(C(=O)C(N)=O)c(OC)c1C. The van der Waals surface area contributed by atoms with Crippen molar-refractivity contribution in [1.82, 2.24) is 0 Å². The fourth-order valence-corrected chi connectivity index (χ4v) is 1.47. The second-order valence-corrected chi connectivity index (χ2v) is 3.17. The molecular formula is C11H13NO4. The second-order valence-electron chi connectivity index (χ2n) is 3.17. The number of ether oxygens (including phenoxy) is 2. The van der Waals surface area contributed by atoms with Crippen LogP contribution in [-0.2, 0) is 4.79 Å². The van der Waals surface area contributed by atoms with Crippen LogP contribution in [0, 0.1) is 6.92 Å². The van der Waals surface area contributed by atoms with Gasteiger partial charge in [0.05, 0.1) is 19.8 Å². The van der Waals surface area contributed by atoms with Crippen molar-refractivity contribution in [2.45, 2.75) is 6.92 Å². The van der Waals surface area contributed by atoms with Crippen LogP contribution in [0.2, 0.25) is 0 Å². The number of rotatable bonds is 4. The first-order valence-corrected chi connectivity index (χ1v) is 4.58. The van der Waals surface area contributed by atoms with E-state index in [1.165, 1.54) is 20.3 Å². The molecule has 0 aliphatic carbocycles. The predicted molar refractivity (Wildman–Crippen MR) is 57.8 cm³/mol.